The van der Waals surface area contributed by atoms with Gasteiger partial charge in [0.25, 0.3) is 0 Å². The fraction of sp³-hybridized carbons (Fsp3) is 0.333. The van der Waals surface area contributed by atoms with Crippen LogP contribution in [-0.4, -0.2) is 11.8 Å². The minimum absolute atomic E-state index is 0.0707. The molecule has 6 heteroatoms. The molecule has 4 nitrogen and oxygen atoms in total. The summed E-state index contributed by atoms with van der Waals surface area (Å²) in [6.45, 7) is 1.43. The van der Waals surface area contributed by atoms with Crippen molar-refractivity contribution in [3.8, 4) is 0 Å². The lowest BCUT2D eigenvalue weighted by molar-refractivity contribution is -0.122. The first-order valence-corrected chi connectivity index (χ1v) is 9.81. The van der Waals surface area contributed by atoms with E-state index in [2.05, 4.69) is 10.6 Å². The smallest absolute Gasteiger partial charge is 0.235 e. The van der Waals surface area contributed by atoms with Crippen LogP contribution in [0.2, 0.25) is 10.0 Å². The Balaban J connectivity index is 1.88. The van der Waals surface area contributed by atoms with E-state index in [9.17, 15) is 9.59 Å². The molecule has 0 bridgehead atoms. The molecule has 1 saturated carbocycles. The van der Waals surface area contributed by atoms with E-state index in [1.54, 1.807) is 18.2 Å². The van der Waals surface area contributed by atoms with Crippen LogP contribution in [-0.2, 0) is 15.0 Å². The second kappa shape index (κ2) is 8.32. The van der Waals surface area contributed by atoms with Crippen molar-refractivity contribution in [2.45, 2.75) is 44.4 Å². The Labute approximate surface area is 169 Å². The van der Waals surface area contributed by atoms with Crippen LogP contribution in [0, 0.1) is 0 Å². The van der Waals surface area contributed by atoms with Crippen molar-refractivity contribution in [3.05, 3.63) is 58.1 Å². The average molecular weight is 405 g/mol. The predicted octanol–water partition coefficient (Wildman–Crippen LogP) is 5.79. The Hall–Kier alpha value is -2.04. The highest BCUT2D eigenvalue weighted by molar-refractivity contribution is 6.34. The monoisotopic (exact) mass is 404 g/mol. The van der Waals surface area contributed by atoms with Gasteiger partial charge < -0.3 is 10.6 Å². The second-order valence-electron chi connectivity index (χ2n) is 6.98. The fourth-order valence-corrected chi connectivity index (χ4v) is 4.15. The lowest BCUT2D eigenvalue weighted by Gasteiger charge is -2.36. The molecule has 0 aromatic heterocycles. The molecular formula is C21H22Cl2N2O2. The lowest BCUT2D eigenvalue weighted by Crippen LogP contribution is -2.42. The minimum atomic E-state index is -0.608. The zero-order valence-corrected chi connectivity index (χ0v) is 16.7. The maximum Gasteiger partial charge on any atom is 0.235 e. The van der Waals surface area contributed by atoms with Gasteiger partial charge >= 0.3 is 0 Å². The van der Waals surface area contributed by atoms with Crippen LogP contribution < -0.4 is 10.6 Å². The molecule has 3 rings (SSSR count). The van der Waals surface area contributed by atoms with Crippen LogP contribution in [0.5, 0.6) is 0 Å². The fourth-order valence-electron chi connectivity index (χ4n) is 3.73. The van der Waals surface area contributed by atoms with Gasteiger partial charge in [-0.15, -0.1) is 0 Å². The van der Waals surface area contributed by atoms with E-state index < -0.39 is 5.41 Å². The second-order valence-corrected chi connectivity index (χ2v) is 7.83. The summed E-state index contributed by atoms with van der Waals surface area (Å²) in [6.07, 6.45) is 4.67. The lowest BCUT2D eigenvalue weighted by atomic mass is 9.68. The summed E-state index contributed by atoms with van der Waals surface area (Å²) in [7, 11) is 0. The number of rotatable bonds is 4. The third-order valence-electron chi connectivity index (χ3n) is 5.06. The van der Waals surface area contributed by atoms with Crippen LogP contribution in [0.4, 0.5) is 11.4 Å². The van der Waals surface area contributed by atoms with Crippen molar-refractivity contribution in [3.63, 3.8) is 0 Å². The molecule has 2 aromatic carbocycles. The van der Waals surface area contributed by atoms with Crippen molar-refractivity contribution >= 4 is 46.4 Å². The van der Waals surface area contributed by atoms with E-state index in [1.807, 2.05) is 24.3 Å². The number of hydrogen-bond acceptors (Lipinski definition) is 2. The van der Waals surface area contributed by atoms with E-state index in [0.29, 0.717) is 21.4 Å². The Kier molecular flexibility index (Phi) is 6.08. The topological polar surface area (TPSA) is 58.2 Å². The van der Waals surface area contributed by atoms with E-state index in [0.717, 1.165) is 37.7 Å². The molecule has 1 fully saturated rings. The van der Waals surface area contributed by atoms with Crippen molar-refractivity contribution in [2.75, 3.05) is 10.6 Å². The zero-order chi connectivity index (χ0) is 19.4. The summed E-state index contributed by atoms with van der Waals surface area (Å²) in [5, 5.41) is 6.68. The van der Waals surface area contributed by atoms with Gasteiger partial charge in [0.1, 0.15) is 0 Å². The standard InChI is InChI=1S/C21H22Cl2N2O2/c1-14(26)24-17-8-9-19(18(23)13-17)25-20(27)21(10-3-2-4-11-21)15-6-5-7-16(22)12-15/h5-9,12-13H,2-4,10-11H2,1H3,(H,24,26)(H,25,27). The van der Waals surface area contributed by atoms with Gasteiger partial charge in [0, 0.05) is 17.6 Å². The van der Waals surface area contributed by atoms with E-state index in [-0.39, 0.29) is 11.8 Å². The van der Waals surface area contributed by atoms with Gasteiger partial charge in [-0.1, -0.05) is 54.6 Å². The van der Waals surface area contributed by atoms with E-state index in [1.165, 1.54) is 6.92 Å². The van der Waals surface area contributed by atoms with Crippen LogP contribution >= 0.6 is 23.2 Å². The van der Waals surface area contributed by atoms with Crippen molar-refractivity contribution < 1.29 is 9.59 Å². The summed E-state index contributed by atoms with van der Waals surface area (Å²) in [6, 6.07) is 12.6. The molecule has 0 unspecified atom stereocenters. The molecule has 0 atom stereocenters. The maximum absolute atomic E-state index is 13.3. The van der Waals surface area contributed by atoms with Gasteiger partial charge in [0.2, 0.25) is 11.8 Å². The molecule has 0 aliphatic heterocycles. The summed E-state index contributed by atoms with van der Waals surface area (Å²) >= 11 is 12.5. The number of amides is 2. The minimum Gasteiger partial charge on any atom is -0.326 e. The first kappa shape index (κ1) is 19.7. The highest BCUT2D eigenvalue weighted by atomic mass is 35.5. The zero-order valence-electron chi connectivity index (χ0n) is 15.1. The van der Waals surface area contributed by atoms with Crippen molar-refractivity contribution in [2.24, 2.45) is 0 Å². The maximum atomic E-state index is 13.3. The quantitative estimate of drug-likeness (QED) is 0.676. The Morgan fingerprint density at radius 2 is 1.70 bits per heavy atom. The van der Waals surface area contributed by atoms with Crippen LogP contribution in [0.15, 0.2) is 42.5 Å². The number of halogens is 2. The predicted molar refractivity (Wildman–Crippen MR) is 111 cm³/mol. The number of anilines is 2. The summed E-state index contributed by atoms with van der Waals surface area (Å²) in [4.78, 5) is 24.5. The molecule has 1 aliphatic carbocycles. The van der Waals surface area contributed by atoms with Crippen LogP contribution in [0.1, 0.15) is 44.6 Å². The number of carbonyl (C=O) groups is 2. The molecular weight excluding hydrogens is 383 g/mol. The molecule has 142 valence electrons. The van der Waals surface area contributed by atoms with E-state index in [4.69, 9.17) is 23.2 Å². The average Bonchev–Trinajstić information content (AvgIpc) is 2.64. The summed E-state index contributed by atoms with van der Waals surface area (Å²) < 4.78 is 0. The van der Waals surface area contributed by atoms with Gasteiger partial charge in [-0.05, 0) is 48.7 Å². The Morgan fingerprint density at radius 1 is 0.963 bits per heavy atom. The highest BCUT2D eigenvalue weighted by Crippen LogP contribution is 2.41. The van der Waals surface area contributed by atoms with Crippen LogP contribution in [0.25, 0.3) is 0 Å². The van der Waals surface area contributed by atoms with Crippen molar-refractivity contribution in [1.82, 2.24) is 0 Å². The van der Waals surface area contributed by atoms with Gasteiger partial charge in [0.15, 0.2) is 0 Å². The van der Waals surface area contributed by atoms with Gasteiger partial charge in [-0.3, -0.25) is 9.59 Å². The molecule has 0 heterocycles. The van der Waals surface area contributed by atoms with E-state index >= 15 is 0 Å². The third-order valence-corrected chi connectivity index (χ3v) is 5.60. The van der Waals surface area contributed by atoms with Crippen LogP contribution in [0.3, 0.4) is 0 Å². The number of nitrogens with one attached hydrogen (secondary N) is 2. The first-order valence-electron chi connectivity index (χ1n) is 9.05. The number of carbonyl (C=O) groups excluding carboxylic acids is 2. The molecule has 2 N–H and O–H groups in total. The Morgan fingerprint density at radius 3 is 2.33 bits per heavy atom. The molecule has 0 spiro atoms. The molecule has 0 radical (unpaired) electrons. The summed E-state index contributed by atoms with van der Waals surface area (Å²) in [5.41, 5.74) is 1.46. The Bertz CT molecular complexity index is 861. The molecule has 2 aromatic rings. The molecule has 27 heavy (non-hydrogen) atoms. The van der Waals surface area contributed by atoms with Crippen molar-refractivity contribution in [1.29, 1.82) is 0 Å². The number of benzene rings is 2. The highest BCUT2D eigenvalue weighted by Gasteiger charge is 2.41. The SMILES string of the molecule is CC(=O)Nc1ccc(NC(=O)C2(c3cccc(Cl)c3)CCCCC2)c(Cl)c1. The first-order chi connectivity index (χ1) is 12.9. The molecule has 2 amide bonds. The normalized spacial score (nSPS) is 15.8. The molecule has 1 aliphatic rings. The van der Waals surface area contributed by atoms with Gasteiger partial charge in [-0.2, -0.15) is 0 Å². The van der Waals surface area contributed by atoms with Gasteiger partial charge in [-0.25, -0.2) is 0 Å². The number of hydrogen-bond donors (Lipinski definition) is 2. The largest absolute Gasteiger partial charge is 0.326 e. The van der Waals surface area contributed by atoms with Gasteiger partial charge in [0.05, 0.1) is 16.1 Å². The molecule has 0 saturated heterocycles. The summed E-state index contributed by atoms with van der Waals surface area (Å²) in [5.74, 6) is -0.247. The third kappa shape index (κ3) is 4.45.